The van der Waals surface area contributed by atoms with Crippen LogP contribution in [0.4, 0.5) is 0 Å². The standard InChI is InChI=1S/C21H28N2O3/c1-6-7-8-9-10-20(2,3)13-11-15(24)16-17-14(12-22-23-17)21(4,5)26-19(16)18(13)25/h11-12H,6-10H2,1-5H3,(H,22,23). The summed E-state index contributed by atoms with van der Waals surface area (Å²) in [6.07, 6.45) is 8.59. The van der Waals surface area contributed by atoms with Crippen molar-refractivity contribution in [1.82, 2.24) is 10.2 Å². The Bertz CT molecular complexity index is 809. The summed E-state index contributed by atoms with van der Waals surface area (Å²) in [6.45, 7) is 10.0. The fourth-order valence-electron chi connectivity index (χ4n) is 3.83. The number of allylic oxidation sites excluding steroid dienone is 3. The maximum atomic E-state index is 13.2. The first kappa shape index (κ1) is 18.6. The quantitative estimate of drug-likeness (QED) is 0.603. The van der Waals surface area contributed by atoms with Gasteiger partial charge in [-0.3, -0.25) is 14.7 Å². The van der Waals surface area contributed by atoms with Crippen LogP contribution in [0.2, 0.25) is 0 Å². The Hall–Kier alpha value is -2.17. The van der Waals surface area contributed by atoms with Crippen LogP contribution < -0.4 is 0 Å². The SMILES string of the molecule is CCCCCCC(C)(C)C1=CC(=O)C2=C(OC(C)(C)c3cn[nH]c32)C1=O. The van der Waals surface area contributed by atoms with Crippen molar-refractivity contribution in [3.8, 4) is 0 Å². The van der Waals surface area contributed by atoms with Crippen LogP contribution in [0.25, 0.3) is 5.57 Å². The van der Waals surface area contributed by atoms with E-state index in [2.05, 4.69) is 17.1 Å². The van der Waals surface area contributed by atoms with Gasteiger partial charge in [0.1, 0.15) is 5.60 Å². The van der Waals surface area contributed by atoms with Gasteiger partial charge in [-0.05, 0) is 31.8 Å². The molecule has 1 N–H and O–H groups in total. The Labute approximate surface area is 154 Å². The Kier molecular flexibility index (Phi) is 4.67. The molecule has 0 fully saturated rings. The highest BCUT2D eigenvalue weighted by atomic mass is 16.5. The van der Waals surface area contributed by atoms with E-state index >= 15 is 0 Å². The lowest BCUT2D eigenvalue weighted by Gasteiger charge is -2.37. The number of H-pyrrole nitrogens is 1. The molecule has 0 unspecified atom stereocenters. The zero-order valence-electron chi connectivity index (χ0n) is 16.4. The molecule has 1 aromatic heterocycles. The average molecular weight is 356 g/mol. The Balaban J connectivity index is 1.93. The van der Waals surface area contributed by atoms with E-state index < -0.39 is 5.60 Å². The summed E-state index contributed by atoms with van der Waals surface area (Å²) in [6, 6.07) is 0. The third-order valence-electron chi connectivity index (χ3n) is 5.48. The molecule has 1 aromatic rings. The molecule has 0 aromatic carbocycles. The molecular formula is C21H28N2O3. The van der Waals surface area contributed by atoms with Crippen LogP contribution in [-0.4, -0.2) is 21.8 Å². The first-order valence-corrected chi connectivity index (χ1v) is 9.47. The number of Topliss-reactive ketones (excluding diaryl/α,β-unsaturated/α-hetero) is 1. The van der Waals surface area contributed by atoms with Gasteiger partial charge in [0.05, 0.1) is 17.5 Å². The molecule has 0 saturated carbocycles. The van der Waals surface area contributed by atoms with Gasteiger partial charge in [-0.1, -0.05) is 46.5 Å². The highest BCUT2D eigenvalue weighted by molar-refractivity contribution is 6.37. The molecule has 5 nitrogen and oxygen atoms in total. The van der Waals surface area contributed by atoms with E-state index in [-0.39, 0.29) is 22.7 Å². The minimum atomic E-state index is -0.704. The molecule has 2 aliphatic rings. The van der Waals surface area contributed by atoms with Crippen LogP contribution >= 0.6 is 0 Å². The van der Waals surface area contributed by atoms with E-state index in [9.17, 15) is 9.59 Å². The van der Waals surface area contributed by atoms with Gasteiger partial charge in [0.25, 0.3) is 0 Å². The predicted octanol–water partition coefficient (Wildman–Crippen LogP) is 4.46. The summed E-state index contributed by atoms with van der Waals surface area (Å²) < 4.78 is 6.02. The smallest absolute Gasteiger partial charge is 0.225 e. The van der Waals surface area contributed by atoms with Gasteiger partial charge in [-0.2, -0.15) is 5.10 Å². The minimum absolute atomic E-state index is 0.163. The number of hydrogen-bond donors (Lipinski definition) is 1. The number of nitrogens with zero attached hydrogens (tertiary/aromatic N) is 1. The van der Waals surface area contributed by atoms with Crippen molar-refractivity contribution < 1.29 is 14.3 Å². The molecule has 0 bridgehead atoms. The molecule has 0 atom stereocenters. The van der Waals surface area contributed by atoms with Gasteiger partial charge >= 0.3 is 0 Å². The summed E-state index contributed by atoms with van der Waals surface area (Å²) >= 11 is 0. The van der Waals surface area contributed by atoms with E-state index in [1.165, 1.54) is 18.9 Å². The molecule has 0 amide bonds. The molecule has 5 heteroatoms. The van der Waals surface area contributed by atoms with Crippen molar-refractivity contribution in [2.45, 2.75) is 72.3 Å². The lowest BCUT2D eigenvalue weighted by molar-refractivity contribution is -0.121. The second-order valence-corrected chi connectivity index (χ2v) is 8.42. The molecule has 3 rings (SSSR count). The number of carbonyl (C=O) groups excluding carboxylic acids is 2. The summed E-state index contributed by atoms with van der Waals surface area (Å²) in [5, 5.41) is 6.93. The third-order valence-corrected chi connectivity index (χ3v) is 5.48. The van der Waals surface area contributed by atoms with Crippen LogP contribution in [0.3, 0.4) is 0 Å². The molecule has 1 aliphatic heterocycles. The fourth-order valence-corrected chi connectivity index (χ4v) is 3.83. The van der Waals surface area contributed by atoms with Crippen LogP contribution in [0.5, 0.6) is 0 Å². The maximum Gasteiger partial charge on any atom is 0.225 e. The van der Waals surface area contributed by atoms with Crippen molar-refractivity contribution in [3.63, 3.8) is 0 Å². The highest BCUT2D eigenvalue weighted by Crippen LogP contribution is 2.45. The van der Waals surface area contributed by atoms with Crippen molar-refractivity contribution in [2.75, 3.05) is 0 Å². The molecule has 0 saturated heterocycles. The zero-order valence-corrected chi connectivity index (χ0v) is 16.4. The summed E-state index contributed by atoms with van der Waals surface area (Å²) in [7, 11) is 0. The number of carbonyl (C=O) groups is 2. The van der Waals surface area contributed by atoms with Crippen LogP contribution in [-0.2, 0) is 19.9 Å². The van der Waals surface area contributed by atoms with Crippen LogP contribution in [0.1, 0.15) is 78.0 Å². The molecule has 26 heavy (non-hydrogen) atoms. The number of fused-ring (bicyclic) bond motifs is 2. The number of hydrogen-bond acceptors (Lipinski definition) is 4. The van der Waals surface area contributed by atoms with Crippen LogP contribution in [0.15, 0.2) is 23.6 Å². The topological polar surface area (TPSA) is 72.0 Å². The zero-order chi connectivity index (χ0) is 19.1. The number of aromatic amines is 1. The fraction of sp³-hybridized carbons (Fsp3) is 0.571. The highest BCUT2D eigenvalue weighted by Gasteiger charge is 2.45. The lowest BCUT2D eigenvalue weighted by atomic mass is 9.73. The average Bonchev–Trinajstić information content (AvgIpc) is 3.05. The summed E-state index contributed by atoms with van der Waals surface area (Å²) in [5.74, 6) is -0.193. The normalized spacial score (nSPS) is 19.0. The van der Waals surface area contributed by atoms with Gasteiger partial charge in [0.2, 0.25) is 5.78 Å². The Morgan fingerprint density at radius 1 is 1.19 bits per heavy atom. The molecule has 0 radical (unpaired) electrons. The summed E-state index contributed by atoms with van der Waals surface area (Å²) in [5.41, 5.74) is 1.20. The summed E-state index contributed by atoms with van der Waals surface area (Å²) in [4.78, 5) is 26.1. The van der Waals surface area contributed by atoms with E-state index in [0.717, 1.165) is 24.8 Å². The minimum Gasteiger partial charge on any atom is -0.478 e. The van der Waals surface area contributed by atoms with E-state index in [1.54, 1.807) is 6.20 Å². The molecule has 0 spiro atoms. The third kappa shape index (κ3) is 3.04. The van der Waals surface area contributed by atoms with E-state index in [1.807, 2.05) is 27.7 Å². The predicted molar refractivity (Wildman–Crippen MR) is 100 cm³/mol. The largest absolute Gasteiger partial charge is 0.478 e. The van der Waals surface area contributed by atoms with Crippen molar-refractivity contribution in [2.24, 2.45) is 5.41 Å². The van der Waals surface area contributed by atoms with Gasteiger partial charge in [0.15, 0.2) is 11.5 Å². The molecule has 1 aliphatic carbocycles. The van der Waals surface area contributed by atoms with Crippen molar-refractivity contribution in [1.29, 1.82) is 0 Å². The molecule has 2 heterocycles. The number of rotatable bonds is 6. The first-order chi connectivity index (χ1) is 12.2. The van der Waals surface area contributed by atoms with Gasteiger partial charge in [0, 0.05) is 11.1 Å². The molecular weight excluding hydrogens is 328 g/mol. The lowest BCUT2D eigenvalue weighted by Crippen LogP contribution is -2.36. The van der Waals surface area contributed by atoms with E-state index in [4.69, 9.17) is 4.74 Å². The Morgan fingerprint density at radius 2 is 1.92 bits per heavy atom. The van der Waals surface area contributed by atoms with Crippen LogP contribution in [0, 0.1) is 5.41 Å². The maximum absolute atomic E-state index is 13.2. The monoisotopic (exact) mass is 356 g/mol. The number of ketones is 2. The Morgan fingerprint density at radius 3 is 2.62 bits per heavy atom. The van der Waals surface area contributed by atoms with Gasteiger partial charge < -0.3 is 4.74 Å². The van der Waals surface area contributed by atoms with Gasteiger partial charge in [-0.25, -0.2) is 0 Å². The first-order valence-electron chi connectivity index (χ1n) is 9.47. The van der Waals surface area contributed by atoms with Gasteiger partial charge in [-0.15, -0.1) is 0 Å². The number of nitrogens with one attached hydrogen (secondary N) is 1. The number of aromatic nitrogens is 2. The molecule has 140 valence electrons. The van der Waals surface area contributed by atoms with Crippen molar-refractivity contribution in [3.05, 3.63) is 34.9 Å². The van der Waals surface area contributed by atoms with Crippen molar-refractivity contribution >= 4 is 17.1 Å². The van der Waals surface area contributed by atoms with E-state index in [0.29, 0.717) is 16.8 Å². The second-order valence-electron chi connectivity index (χ2n) is 8.42. The number of ether oxygens (including phenoxy) is 1. The second kappa shape index (κ2) is 6.53. The number of unbranched alkanes of at least 4 members (excludes halogenated alkanes) is 3.